The van der Waals surface area contributed by atoms with Crippen LogP contribution in [0.1, 0.15) is 12.5 Å². The molecule has 0 aliphatic carbocycles. The molecule has 2 aromatic carbocycles. The molecular weight excluding hydrogens is 468 g/mol. The Morgan fingerprint density at radius 1 is 1.16 bits per heavy atom. The predicted molar refractivity (Wildman–Crippen MR) is 119 cm³/mol. The number of amides is 2. The molecule has 31 heavy (non-hydrogen) atoms. The summed E-state index contributed by atoms with van der Waals surface area (Å²) in [6, 6.07) is 8.66. The van der Waals surface area contributed by atoms with Gasteiger partial charge in [0.1, 0.15) is 18.4 Å². The number of carbonyl (C=O) groups is 2. The lowest BCUT2D eigenvalue weighted by Crippen LogP contribution is -2.50. The predicted octanol–water partition coefficient (Wildman–Crippen LogP) is 3.06. The summed E-state index contributed by atoms with van der Waals surface area (Å²) in [6.07, 6.45) is 0.910. The van der Waals surface area contributed by atoms with Crippen molar-refractivity contribution in [3.05, 3.63) is 63.9 Å². The molecule has 1 N–H and O–H groups in total. The first-order valence-electron chi connectivity index (χ1n) is 9.12. The minimum absolute atomic E-state index is 0.00655. The van der Waals surface area contributed by atoms with E-state index in [0.717, 1.165) is 22.7 Å². The molecule has 2 aromatic rings. The van der Waals surface area contributed by atoms with Gasteiger partial charge in [-0.3, -0.25) is 13.9 Å². The second-order valence-corrected chi connectivity index (χ2v) is 9.55. The molecule has 0 spiro atoms. The quantitative estimate of drug-likeness (QED) is 0.617. The third kappa shape index (κ3) is 6.56. The third-order valence-electron chi connectivity index (χ3n) is 4.54. The van der Waals surface area contributed by atoms with Gasteiger partial charge in [-0.25, -0.2) is 12.8 Å². The number of hydrogen-bond acceptors (Lipinski definition) is 4. The Morgan fingerprint density at radius 2 is 1.84 bits per heavy atom. The van der Waals surface area contributed by atoms with Crippen molar-refractivity contribution in [2.45, 2.75) is 19.5 Å². The zero-order chi connectivity index (χ0) is 23.3. The highest BCUT2D eigenvalue weighted by molar-refractivity contribution is 7.92. The van der Waals surface area contributed by atoms with E-state index in [2.05, 4.69) is 5.32 Å². The Kier molecular flexibility index (Phi) is 8.27. The van der Waals surface area contributed by atoms with E-state index in [1.807, 2.05) is 0 Å². The maximum atomic E-state index is 13.7. The van der Waals surface area contributed by atoms with Gasteiger partial charge in [-0.15, -0.1) is 0 Å². The normalized spacial score (nSPS) is 12.2. The fraction of sp³-hybridized carbons (Fsp3) is 0.300. The van der Waals surface area contributed by atoms with Crippen LogP contribution >= 0.6 is 23.2 Å². The smallest absolute Gasteiger partial charge is 0.244 e. The van der Waals surface area contributed by atoms with Gasteiger partial charge in [-0.2, -0.15) is 0 Å². The van der Waals surface area contributed by atoms with Crippen LogP contribution in [-0.2, 0) is 26.2 Å². The summed E-state index contributed by atoms with van der Waals surface area (Å²) in [5.74, 6) is -1.77. The van der Waals surface area contributed by atoms with Crippen molar-refractivity contribution < 1.29 is 22.4 Å². The number of likely N-dealkylation sites (N-methyl/N-ethyl adjacent to an activating group) is 1. The average molecular weight is 490 g/mol. The Morgan fingerprint density at radius 3 is 2.39 bits per heavy atom. The summed E-state index contributed by atoms with van der Waals surface area (Å²) in [5, 5.41) is 3.16. The van der Waals surface area contributed by atoms with E-state index < -0.39 is 40.2 Å². The summed E-state index contributed by atoms with van der Waals surface area (Å²) in [4.78, 5) is 26.6. The van der Waals surface area contributed by atoms with E-state index in [-0.39, 0.29) is 12.2 Å². The van der Waals surface area contributed by atoms with Crippen LogP contribution in [-0.4, -0.2) is 51.0 Å². The maximum Gasteiger partial charge on any atom is 0.244 e. The topological polar surface area (TPSA) is 86.8 Å². The molecule has 2 rings (SSSR count). The first-order valence-corrected chi connectivity index (χ1v) is 11.7. The Hall–Kier alpha value is -2.36. The molecule has 0 radical (unpaired) electrons. The van der Waals surface area contributed by atoms with E-state index in [0.29, 0.717) is 15.6 Å². The number of nitrogens with zero attached hydrogens (tertiary/aromatic N) is 2. The number of halogens is 3. The lowest BCUT2D eigenvalue weighted by atomic mass is 10.1. The third-order valence-corrected chi connectivity index (χ3v) is 6.27. The van der Waals surface area contributed by atoms with E-state index in [1.165, 1.54) is 37.1 Å². The van der Waals surface area contributed by atoms with Crippen molar-refractivity contribution in [1.29, 1.82) is 0 Å². The van der Waals surface area contributed by atoms with Gasteiger partial charge in [0.05, 0.1) is 11.9 Å². The number of rotatable bonds is 8. The second-order valence-electron chi connectivity index (χ2n) is 6.80. The number of nitrogens with one attached hydrogen (secondary N) is 1. The van der Waals surface area contributed by atoms with E-state index in [4.69, 9.17) is 23.2 Å². The zero-order valence-electron chi connectivity index (χ0n) is 17.1. The standard InChI is InChI=1S/C20H22Cl2FN3O4S/c1-13(20(28)24-2)25(11-14-7-8-15(21)9-18(14)22)19(27)12-26(31(3,29)30)17-6-4-5-16(23)10-17/h4-10,13H,11-12H2,1-3H3,(H,24,28). The molecule has 0 aromatic heterocycles. The summed E-state index contributed by atoms with van der Waals surface area (Å²) in [5.41, 5.74) is 0.514. The molecule has 1 atom stereocenters. The maximum absolute atomic E-state index is 13.7. The molecule has 0 bridgehead atoms. The van der Waals surface area contributed by atoms with Gasteiger partial charge in [0.2, 0.25) is 21.8 Å². The zero-order valence-corrected chi connectivity index (χ0v) is 19.4. The Bertz CT molecular complexity index is 1080. The minimum Gasteiger partial charge on any atom is -0.357 e. The van der Waals surface area contributed by atoms with Gasteiger partial charge in [0, 0.05) is 23.6 Å². The molecule has 2 amide bonds. The number of hydrogen-bond donors (Lipinski definition) is 1. The van der Waals surface area contributed by atoms with Crippen LogP contribution in [0.5, 0.6) is 0 Å². The highest BCUT2D eigenvalue weighted by Crippen LogP contribution is 2.24. The molecule has 7 nitrogen and oxygen atoms in total. The molecule has 0 fully saturated rings. The van der Waals surface area contributed by atoms with Crippen molar-refractivity contribution in [1.82, 2.24) is 10.2 Å². The fourth-order valence-corrected chi connectivity index (χ4v) is 4.18. The van der Waals surface area contributed by atoms with Crippen LogP contribution in [0.15, 0.2) is 42.5 Å². The van der Waals surface area contributed by atoms with E-state index in [9.17, 15) is 22.4 Å². The minimum atomic E-state index is -3.93. The number of anilines is 1. The second kappa shape index (κ2) is 10.3. The Labute approximate surface area is 190 Å². The average Bonchev–Trinajstić information content (AvgIpc) is 2.69. The highest BCUT2D eigenvalue weighted by atomic mass is 35.5. The van der Waals surface area contributed by atoms with Crippen molar-refractivity contribution >= 4 is 50.7 Å². The van der Waals surface area contributed by atoms with Gasteiger partial charge in [-0.1, -0.05) is 35.3 Å². The molecule has 11 heteroatoms. The summed E-state index contributed by atoms with van der Waals surface area (Å²) in [7, 11) is -2.50. The van der Waals surface area contributed by atoms with Gasteiger partial charge < -0.3 is 10.2 Å². The molecule has 0 heterocycles. The summed E-state index contributed by atoms with van der Waals surface area (Å²) < 4.78 is 39.1. The first kappa shape index (κ1) is 24.9. The largest absolute Gasteiger partial charge is 0.357 e. The van der Waals surface area contributed by atoms with Crippen LogP contribution < -0.4 is 9.62 Å². The van der Waals surface area contributed by atoms with E-state index >= 15 is 0 Å². The van der Waals surface area contributed by atoms with Crippen LogP contribution in [0.25, 0.3) is 0 Å². The molecular formula is C20H22Cl2FN3O4S. The molecule has 168 valence electrons. The number of carbonyl (C=O) groups excluding carboxylic acids is 2. The molecule has 0 aliphatic rings. The Balaban J connectivity index is 2.41. The number of benzene rings is 2. The van der Waals surface area contributed by atoms with Crippen molar-refractivity contribution in [3.63, 3.8) is 0 Å². The highest BCUT2D eigenvalue weighted by Gasteiger charge is 2.30. The lowest BCUT2D eigenvalue weighted by molar-refractivity contribution is -0.139. The van der Waals surface area contributed by atoms with Crippen molar-refractivity contribution in [2.24, 2.45) is 0 Å². The molecule has 0 saturated carbocycles. The first-order chi connectivity index (χ1) is 14.4. The summed E-state index contributed by atoms with van der Waals surface area (Å²) in [6.45, 7) is 0.812. The van der Waals surface area contributed by atoms with Gasteiger partial charge >= 0.3 is 0 Å². The van der Waals surface area contributed by atoms with Gasteiger partial charge in [0.25, 0.3) is 0 Å². The van der Waals surface area contributed by atoms with Crippen LogP contribution in [0.3, 0.4) is 0 Å². The van der Waals surface area contributed by atoms with Crippen molar-refractivity contribution in [2.75, 3.05) is 24.2 Å². The number of sulfonamides is 1. The molecule has 1 unspecified atom stereocenters. The summed E-state index contributed by atoms with van der Waals surface area (Å²) >= 11 is 12.1. The monoisotopic (exact) mass is 489 g/mol. The van der Waals surface area contributed by atoms with Gasteiger partial charge in [0.15, 0.2) is 0 Å². The van der Waals surface area contributed by atoms with Crippen LogP contribution in [0.2, 0.25) is 10.0 Å². The van der Waals surface area contributed by atoms with E-state index in [1.54, 1.807) is 12.1 Å². The fourth-order valence-electron chi connectivity index (χ4n) is 2.87. The van der Waals surface area contributed by atoms with Gasteiger partial charge in [-0.05, 0) is 42.8 Å². The molecule has 0 saturated heterocycles. The van der Waals surface area contributed by atoms with Crippen molar-refractivity contribution in [3.8, 4) is 0 Å². The van der Waals surface area contributed by atoms with Crippen LogP contribution in [0.4, 0.5) is 10.1 Å². The van der Waals surface area contributed by atoms with Crippen LogP contribution in [0, 0.1) is 5.82 Å². The molecule has 0 aliphatic heterocycles. The SMILES string of the molecule is CNC(=O)C(C)N(Cc1ccc(Cl)cc1Cl)C(=O)CN(c1cccc(F)c1)S(C)(=O)=O. The lowest BCUT2D eigenvalue weighted by Gasteiger charge is -2.31.